The van der Waals surface area contributed by atoms with Crippen LogP contribution in [0, 0.1) is 0 Å². The van der Waals surface area contributed by atoms with Crippen LogP contribution in [-0.2, 0) is 9.47 Å². The van der Waals surface area contributed by atoms with Gasteiger partial charge in [-0.2, -0.15) is 0 Å². The number of benzene rings is 2. The maximum absolute atomic E-state index is 13.3. The van der Waals surface area contributed by atoms with Crippen molar-refractivity contribution in [1.29, 1.82) is 0 Å². The summed E-state index contributed by atoms with van der Waals surface area (Å²) in [6.45, 7) is 0. The van der Waals surface area contributed by atoms with Gasteiger partial charge in [0, 0.05) is 17.6 Å². The van der Waals surface area contributed by atoms with Gasteiger partial charge in [0.2, 0.25) is 0 Å². The van der Waals surface area contributed by atoms with Crippen molar-refractivity contribution >= 4 is 29.2 Å². The Hall–Kier alpha value is -4.40. The van der Waals surface area contributed by atoms with Crippen LogP contribution < -0.4 is 15.0 Å². The summed E-state index contributed by atoms with van der Waals surface area (Å²) in [7, 11) is 4.07. The van der Waals surface area contributed by atoms with Crippen molar-refractivity contribution in [2.45, 2.75) is 6.17 Å². The molecule has 9 nitrogen and oxygen atoms in total. The smallest absolute Gasteiger partial charge is 0.337 e. The molecule has 4 rings (SSSR count). The number of hydrogen-bond acceptors (Lipinski definition) is 8. The third-order valence-corrected chi connectivity index (χ3v) is 5.23. The molecule has 0 fully saturated rings. The number of carbonyl (C=O) groups excluding carboxylic acids is 3. The zero-order valence-electron chi connectivity index (χ0n) is 18.2. The lowest BCUT2D eigenvalue weighted by molar-refractivity contribution is 0.0599. The Bertz CT molecular complexity index is 1190. The monoisotopic (exact) mass is 447 g/mol. The van der Waals surface area contributed by atoms with Gasteiger partial charge in [0.1, 0.15) is 5.75 Å². The molecule has 0 aliphatic carbocycles. The molecule has 1 atom stereocenters. The lowest BCUT2D eigenvalue weighted by Gasteiger charge is -2.27. The van der Waals surface area contributed by atoms with Crippen molar-refractivity contribution in [3.8, 4) is 5.75 Å². The van der Waals surface area contributed by atoms with Crippen LogP contribution in [0.15, 0.2) is 60.8 Å². The van der Waals surface area contributed by atoms with E-state index < -0.39 is 18.1 Å². The van der Waals surface area contributed by atoms with Crippen LogP contribution in [0.1, 0.15) is 42.9 Å². The predicted molar refractivity (Wildman–Crippen MR) is 120 cm³/mol. The number of nitrogens with one attached hydrogen (secondary N) is 1. The highest BCUT2D eigenvalue weighted by Gasteiger charge is 2.39. The minimum absolute atomic E-state index is 0.157. The second-order valence-electron chi connectivity index (χ2n) is 7.14. The first kappa shape index (κ1) is 21.8. The summed E-state index contributed by atoms with van der Waals surface area (Å²) in [5.74, 6) is -0.814. The molecule has 0 radical (unpaired) electrons. The first-order chi connectivity index (χ1) is 16.0. The molecule has 0 bridgehead atoms. The summed E-state index contributed by atoms with van der Waals surface area (Å²) in [5.41, 5.74) is 2.31. The third kappa shape index (κ3) is 4.08. The van der Waals surface area contributed by atoms with E-state index in [2.05, 4.69) is 10.3 Å². The minimum atomic E-state index is -0.694. The van der Waals surface area contributed by atoms with E-state index in [1.165, 1.54) is 32.4 Å². The van der Waals surface area contributed by atoms with Crippen LogP contribution in [0.2, 0.25) is 0 Å². The van der Waals surface area contributed by atoms with E-state index >= 15 is 0 Å². The molecule has 0 saturated carbocycles. The summed E-state index contributed by atoms with van der Waals surface area (Å²) < 4.78 is 14.8. The molecule has 9 heteroatoms. The van der Waals surface area contributed by atoms with Crippen LogP contribution in [0.25, 0.3) is 0 Å². The highest BCUT2D eigenvalue weighted by Crippen LogP contribution is 2.37. The second-order valence-corrected chi connectivity index (χ2v) is 7.14. The maximum atomic E-state index is 13.3. The van der Waals surface area contributed by atoms with Gasteiger partial charge in [0.25, 0.3) is 5.91 Å². The summed E-state index contributed by atoms with van der Waals surface area (Å²) in [4.78, 5) is 43.6. The Kier molecular flexibility index (Phi) is 5.95. The summed E-state index contributed by atoms with van der Waals surface area (Å²) in [5, 5.41) is 3.24. The van der Waals surface area contributed by atoms with Crippen LogP contribution in [0.3, 0.4) is 0 Å². The van der Waals surface area contributed by atoms with Gasteiger partial charge in [-0.3, -0.25) is 14.7 Å². The van der Waals surface area contributed by atoms with Crippen LogP contribution in [0.4, 0.5) is 11.4 Å². The highest BCUT2D eigenvalue weighted by atomic mass is 16.5. The van der Waals surface area contributed by atoms with Crippen molar-refractivity contribution in [2.24, 2.45) is 0 Å². The van der Waals surface area contributed by atoms with Gasteiger partial charge < -0.3 is 19.5 Å². The number of esters is 2. The minimum Gasteiger partial charge on any atom is -0.497 e. The molecule has 1 amide bonds. The lowest BCUT2D eigenvalue weighted by Crippen LogP contribution is -2.32. The Labute approximate surface area is 189 Å². The molecule has 1 aliphatic heterocycles. The normalized spacial score (nSPS) is 14.5. The van der Waals surface area contributed by atoms with Gasteiger partial charge in [-0.1, -0.05) is 0 Å². The van der Waals surface area contributed by atoms with Gasteiger partial charge in [-0.15, -0.1) is 0 Å². The zero-order chi connectivity index (χ0) is 23.5. The van der Waals surface area contributed by atoms with Crippen LogP contribution in [0.5, 0.6) is 5.75 Å². The van der Waals surface area contributed by atoms with Gasteiger partial charge in [0.05, 0.1) is 43.7 Å². The Morgan fingerprint density at radius 3 is 2.15 bits per heavy atom. The topological polar surface area (TPSA) is 107 Å². The molecular formula is C24H21N3O6. The first-order valence-electron chi connectivity index (χ1n) is 9.97. The van der Waals surface area contributed by atoms with E-state index in [1.54, 1.807) is 54.6 Å². The second kappa shape index (κ2) is 8.99. The lowest BCUT2D eigenvalue weighted by atomic mass is 10.1. The van der Waals surface area contributed by atoms with Crippen molar-refractivity contribution in [1.82, 2.24) is 4.98 Å². The standard InChI is InChI=1S/C24H21N3O6/c1-31-18-8-6-17(7-9-18)27-21(20-19(22(27)28)5-4-10-25-20)26-16-12-14(23(29)32-2)11-15(13-16)24(30)33-3/h4-13,21,26H,1-3H3/t21-/m0/s1. The first-order valence-corrected chi connectivity index (χ1v) is 9.97. The quantitative estimate of drug-likeness (QED) is 0.573. The van der Waals surface area contributed by atoms with Crippen molar-refractivity contribution < 1.29 is 28.6 Å². The molecule has 0 saturated heterocycles. The average molecular weight is 447 g/mol. The van der Waals surface area contributed by atoms with E-state index in [0.717, 1.165) is 0 Å². The molecule has 33 heavy (non-hydrogen) atoms. The van der Waals surface area contributed by atoms with Gasteiger partial charge in [-0.25, -0.2) is 9.59 Å². The number of anilines is 2. The SMILES string of the molecule is COC(=O)c1cc(N[C@@H]2c3ncccc3C(=O)N2c2ccc(OC)cc2)cc(C(=O)OC)c1. The number of amides is 1. The van der Waals surface area contributed by atoms with E-state index in [9.17, 15) is 14.4 Å². The number of aromatic nitrogens is 1. The van der Waals surface area contributed by atoms with E-state index in [0.29, 0.717) is 28.4 Å². The molecular weight excluding hydrogens is 426 g/mol. The van der Waals surface area contributed by atoms with Gasteiger partial charge in [0.15, 0.2) is 6.17 Å². The van der Waals surface area contributed by atoms with Crippen LogP contribution >= 0.6 is 0 Å². The Morgan fingerprint density at radius 1 is 0.939 bits per heavy atom. The summed E-state index contributed by atoms with van der Waals surface area (Å²) in [6.07, 6.45) is 0.906. The van der Waals surface area contributed by atoms with E-state index in [-0.39, 0.29) is 17.0 Å². The average Bonchev–Trinajstić information content (AvgIpc) is 3.14. The molecule has 2 aromatic carbocycles. The molecule has 1 aromatic heterocycles. The van der Waals surface area contributed by atoms with Gasteiger partial charge in [-0.05, 0) is 54.6 Å². The summed E-state index contributed by atoms with van der Waals surface area (Å²) >= 11 is 0. The molecule has 0 spiro atoms. The molecule has 1 aliphatic rings. The third-order valence-electron chi connectivity index (χ3n) is 5.23. The number of hydrogen-bond donors (Lipinski definition) is 1. The molecule has 1 N–H and O–H groups in total. The number of nitrogens with zero attached hydrogens (tertiary/aromatic N) is 2. The van der Waals surface area contributed by atoms with Gasteiger partial charge >= 0.3 is 11.9 Å². The molecule has 2 heterocycles. The fourth-order valence-electron chi connectivity index (χ4n) is 3.67. The number of ether oxygens (including phenoxy) is 3. The van der Waals surface area contributed by atoms with Crippen molar-refractivity contribution in [3.05, 3.63) is 83.2 Å². The fourth-order valence-corrected chi connectivity index (χ4v) is 3.67. The maximum Gasteiger partial charge on any atom is 0.337 e. The number of carbonyl (C=O) groups is 3. The Balaban J connectivity index is 1.79. The largest absolute Gasteiger partial charge is 0.497 e. The predicted octanol–water partition coefficient (Wildman–Crippen LogP) is 3.43. The molecule has 3 aromatic rings. The van der Waals surface area contributed by atoms with E-state index in [1.807, 2.05) is 0 Å². The molecule has 0 unspecified atom stereocenters. The highest BCUT2D eigenvalue weighted by molar-refractivity contribution is 6.11. The number of rotatable bonds is 6. The van der Waals surface area contributed by atoms with Crippen LogP contribution in [-0.4, -0.2) is 44.2 Å². The number of pyridine rings is 1. The number of fused-ring (bicyclic) bond motifs is 1. The Morgan fingerprint density at radius 2 is 1.58 bits per heavy atom. The van der Waals surface area contributed by atoms with Crippen molar-refractivity contribution in [2.75, 3.05) is 31.5 Å². The van der Waals surface area contributed by atoms with Crippen molar-refractivity contribution in [3.63, 3.8) is 0 Å². The number of methoxy groups -OCH3 is 3. The fraction of sp³-hybridized carbons (Fsp3) is 0.167. The summed E-state index contributed by atoms with van der Waals surface area (Å²) in [6, 6.07) is 14.9. The zero-order valence-corrected chi connectivity index (χ0v) is 18.2. The van der Waals surface area contributed by atoms with E-state index in [4.69, 9.17) is 14.2 Å². The molecule has 168 valence electrons.